The normalized spacial score (nSPS) is 21.0. The molecule has 7 heteroatoms. The van der Waals surface area contributed by atoms with Gasteiger partial charge in [0.2, 0.25) is 5.95 Å². The molecule has 0 aliphatic heterocycles. The number of aryl methyl sites for hydroxylation is 1. The predicted octanol–water partition coefficient (Wildman–Crippen LogP) is 5.07. The first kappa shape index (κ1) is 18.1. The zero-order valence-corrected chi connectivity index (χ0v) is 16.2. The van der Waals surface area contributed by atoms with Crippen molar-refractivity contribution in [2.75, 3.05) is 11.9 Å². The lowest BCUT2D eigenvalue weighted by atomic mass is 10.0. The number of imidazole rings is 1. The highest BCUT2D eigenvalue weighted by atomic mass is 35.5. The number of urea groups is 1. The highest BCUT2D eigenvalue weighted by Crippen LogP contribution is 2.70. The van der Waals surface area contributed by atoms with E-state index in [4.69, 9.17) is 23.2 Å². The zero-order chi connectivity index (χ0) is 18.4. The lowest BCUT2D eigenvalue weighted by Gasteiger charge is -2.04. The summed E-state index contributed by atoms with van der Waals surface area (Å²) in [6, 6.07) is 5.42. The van der Waals surface area contributed by atoms with Crippen LogP contribution in [0.15, 0.2) is 18.2 Å². The Morgan fingerprint density at radius 1 is 1.24 bits per heavy atom. The largest absolute Gasteiger partial charge is 0.338 e. The minimum atomic E-state index is -0.268. The topological polar surface area (TPSA) is 69.8 Å². The van der Waals surface area contributed by atoms with Crippen LogP contribution in [0.4, 0.5) is 10.7 Å². The van der Waals surface area contributed by atoms with Gasteiger partial charge in [-0.05, 0) is 48.9 Å². The van der Waals surface area contributed by atoms with Crippen LogP contribution in [0.3, 0.4) is 0 Å². The second-order valence-electron chi connectivity index (χ2n) is 7.05. The standard InChI is InChI=1S/C18H22Cl2N4O/c1-5-21-17(25)24-16-22-9(2)15(23-16)14-13(18(14,3)4)10-6-11(19)8-12(20)7-10/h6-8,13-14H,5H2,1-4H3,(H3,21,22,23,24,25)/t13-,14+/m1/s1. The van der Waals surface area contributed by atoms with E-state index >= 15 is 0 Å². The monoisotopic (exact) mass is 380 g/mol. The first-order chi connectivity index (χ1) is 11.7. The number of aromatic amines is 1. The number of H-pyrrole nitrogens is 1. The highest BCUT2D eigenvalue weighted by molar-refractivity contribution is 6.34. The Morgan fingerprint density at radius 2 is 1.88 bits per heavy atom. The molecule has 1 heterocycles. The quantitative estimate of drug-likeness (QED) is 0.692. The van der Waals surface area contributed by atoms with Crippen molar-refractivity contribution < 1.29 is 4.79 Å². The number of nitrogens with one attached hydrogen (secondary N) is 3. The van der Waals surface area contributed by atoms with Crippen molar-refractivity contribution in [2.45, 2.75) is 39.5 Å². The van der Waals surface area contributed by atoms with Crippen LogP contribution in [0, 0.1) is 12.3 Å². The molecule has 1 saturated carbocycles. The number of hydrogen-bond acceptors (Lipinski definition) is 2. The van der Waals surface area contributed by atoms with Gasteiger partial charge in [-0.25, -0.2) is 9.78 Å². The maximum Gasteiger partial charge on any atom is 0.321 e. The molecule has 0 bridgehead atoms. The number of anilines is 1. The van der Waals surface area contributed by atoms with Gasteiger partial charge in [0.25, 0.3) is 0 Å². The lowest BCUT2D eigenvalue weighted by Crippen LogP contribution is -2.28. The van der Waals surface area contributed by atoms with Crippen molar-refractivity contribution in [1.82, 2.24) is 15.3 Å². The number of halogens is 2. The van der Waals surface area contributed by atoms with Crippen LogP contribution < -0.4 is 10.6 Å². The average Bonchev–Trinajstić information content (AvgIpc) is 2.87. The third-order valence-corrected chi connectivity index (χ3v) is 5.31. The van der Waals surface area contributed by atoms with Gasteiger partial charge >= 0.3 is 6.03 Å². The Morgan fingerprint density at radius 3 is 2.48 bits per heavy atom. The second kappa shape index (κ2) is 6.54. The van der Waals surface area contributed by atoms with Gasteiger partial charge in [0, 0.05) is 28.2 Å². The van der Waals surface area contributed by atoms with Gasteiger partial charge in [-0.15, -0.1) is 0 Å². The van der Waals surface area contributed by atoms with Gasteiger partial charge < -0.3 is 10.3 Å². The van der Waals surface area contributed by atoms with Crippen molar-refractivity contribution in [3.63, 3.8) is 0 Å². The number of benzene rings is 1. The van der Waals surface area contributed by atoms with E-state index in [0.29, 0.717) is 28.5 Å². The fourth-order valence-electron chi connectivity index (χ4n) is 3.70. The second-order valence-corrected chi connectivity index (χ2v) is 7.92. The molecule has 3 N–H and O–H groups in total. The fraction of sp³-hybridized carbons (Fsp3) is 0.444. The van der Waals surface area contributed by atoms with Crippen LogP contribution in [-0.2, 0) is 0 Å². The van der Waals surface area contributed by atoms with E-state index in [0.717, 1.165) is 17.0 Å². The Bertz CT molecular complexity index is 795. The maximum atomic E-state index is 11.7. The van der Waals surface area contributed by atoms with Crippen LogP contribution in [0.2, 0.25) is 10.0 Å². The molecule has 1 aliphatic rings. The summed E-state index contributed by atoms with van der Waals surface area (Å²) in [7, 11) is 0. The number of nitrogens with zero attached hydrogens (tertiary/aromatic N) is 1. The summed E-state index contributed by atoms with van der Waals surface area (Å²) in [5.41, 5.74) is 3.10. The van der Waals surface area contributed by atoms with E-state index in [2.05, 4.69) is 34.4 Å². The summed E-state index contributed by atoms with van der Waals surface area (Å²) < 4.78 is 0. The van der Waals surface area contributed by atoms with E-state index in [1.165, 1.54) is 0 Å². The van der Waals surface area contributed by atoms with Gasteiger partial charge in [-0.2, -0.15) is 0 Å². The van der Waals surface area contributed by atoms with Gasteiger partial charge in [-0.1, -0.05) is 37.0 Å². The molecule has 0 radical (unpaired) electrons. The third kappa shape index (κ3) is 3.48. The van der Waals surface area contributed by atoms with E-state index in [1.54, 1.807) is 6.07 Å². The molecule has 2 amide bonds. The molecule has 5 nitrogen and oxygen atoms in total. The number of aromatic nitrogens is 2. The SMILES string of the molecule is CCNC(=O)Nc1nc(C)c([C@@H]2[C@@H](c3cc(Cl)cc(Cl)c3)C2(C)C)[nH]1. The molecule has 0 spiro atoms. The number of amides is 2. The Labute approximate surface area is 157 Å². The summed E-state index contributed by atoms with van der Waals surface area (Å²) in [5.74, 6) is 1.02. The van der Waals surface area contributed by atoms with Gasteiger partial charge in [0.1, 0.15) is 0 Å². The smallest absolute Gasteiger partial charge is 0.321 e. The third-order valence-electron chi connectivity index (χ3n) is 4.87. The Hall–Kier alpha value is -1.72. The number of carbonyl (C=O) groups excluding carboxylic acids is 1. The van der Waals surface area contributed by atoms with Crippen molar-refractivity contribution >= 4 is 35.2 Å². The molecule has 134 valence electrons. The van der Waals surface area contributed by atoms with Gasteiger partial charge in [0.15, 0.2) is 0 Å². The van der Waals surface area contributed by atoms with E-state index < -0.39 is 0 Å². The molecule has 3 rings (SSSR count). The van der Waals surface area contributed by atoms with Gasteiger partial charge in [0.05, 0.1) is 5.69 Å². The van der Waals surface area contributed by atoms with Gasteiger partial charge in [-0.3, -0.25) is 5.32 Å². The predicted molar refractivity (Wildman–Crippen MR) is 102 cm³/mol. The molecule has 1 fully saturated rings. The summed E-state index contributed by atoms with van der Waals surface area (Å²) in [5, 5.41) is 6.70. The Kier molecular flexibility index (Phi) is 4.73. The maximum absolute atomic E-state index is 11.7. The van der Waals surface area contributed by atoms with Crippen molar-refractivity contribution in [1.29, 1.82) is 0 Å². The molecule has 1 aromatic heterocycles. The van der Waals surface area contributed by atoms with Crippen LogP contribution in [0.5, 0.6) is 0 Å². The van der Waals surface area contributed by atoms with E-state index in [-0.39, 0.29) is 17.4 Å². The minimum Gasteiger partial charge on any atom is -0.338 e. The number of rotatable bonds is 4. The molecule has 0 unspecified atom stereocenters. The summed E-state index contributed by atoms with van der Waals surface area (Å²) >= 11 is 12.3. The lowest BCUT2D eigenvalue weighted by molar-refractivity contribution is 0.252. The highest BCUT2D eigenvalue weighted by Gasteiger charge is 2.60. The van der Waals surface area contributed by atoms with Crippen molar-refractivity contribution in [3.05, 3.63) is 45.2 Å². The average molecular weight is 381 g/mol. The van der Waals surface area contributed by atoms with Crippen LogP contribution in [0.25, 0.3) is 0 Å². The van der Waals surface area contributed by atoms with E-state index in [1.807, 2.05) is 26.0 Å². The number of hydrogen-bond donors (Lipinski definition) is 3. The van der Waals surface area contributed by atoms with Crippen molar-refractivity contribution in [3.8, 4) is 0 Å². The molecule has 0 saturated heterocycles. The molecule has 1 aliphatic carbocycles. The van der Waals surface area contributed by atoms with Crippen LogP contribution in [0.1, 0.15) is 49.6 Å². The first-order valence-corrected chi connectivity index (χ1v) is 9.07. The van der Waals surface area contributed by atoms with Crippen molar-refractivity contribution in [2.24, 2.45) is 5.41 Å². The van der Waals surface area contributed by atoms with Crippen LogP contribution >= 0.6 is 23.2 Å². The fourth-order valence-corrected chi connectivity index (χ4v) is 4.24. The molecular weight excluding hydrogens is 359 g/mol. The molecular formula is C18H22Cl2N4O. The molecule has 2 aromatic rings. The molecule has 25 heavy (non-hydrogen) atoms. The van der Waals surface area contributed by atoms with Crippen LogP contribution in [-0.4, -0.2) is 22.5 Å². The molecule has 2 atom stereocenters. The Balaban J connectivity index is 1.87. The number of carbonyl (C=O) groups is 1. The summed E-state index contributed by atoms with van der Waals surface area (Å²) in [6.45, 7) is 8.81. The summed E-state index contributed by atoms with van der Waals surface area (Å²) in [6.07, 6.45) is 0. The van der Waals surface area contributed by atoms with E-state index in [9.17, 15) is 4.79 Å². The summed E-state index contributed by atoms with van der Waals surface area (Å²) in [4.78, 5) is 19.4. The zero-order valence-electron chi connectivity index (χ0n) is 14.7. The first-order valence-electron chi connectivity index (χ1n) is 8.31. The molecule has 1 aromatic carbocycles. The minimum absolute atomic E-state index is 0.0499.